The maximum absolute atomic E-state index is 12.2. The van der Waals surface area contributed by atoms with Gasteiger partial charge >= 0.3 is 6.03 Å². The average Bonchev–Trinajstić information content (AvgIpc) is 2.89. The van der Waals surface area contributed by atoms with Crippen LogP contribution >= 0.6 is 0 Å². The zero-order valence-corrected chi connectivity index (χ0v) is 13.8. The SMILES string of the molecule is Cc1ccc(NC(=O)Nc2cc(C)nn2Cc2ccccc2)cc1. The van der Waals surface area contributed by atoms with Gasteiger partial charge < -0.3 is 5.32 Å². The van der Waals surface area contributed by atoms with Gasteiger partial charge in [-0.15, -0.1) is 0 Å². The van der Waals surface area contributed by atoms with Crippen LogP contribution in [-0.4, -0.2) is 15.8 Å². The van der Waals surface area contributed by atoms with Crippen LogP contribution in [0, 0.1) is 13.8 Å². The monoisotopic (exact) mass is 320 g/mol. The molecule has 0 unspecified atom stereocenters. The lowest BCUT2D eigenvalue weighted by Gasteiger charge is -2.10. The van der Waals surface area contributed by atoms with Gasteiger partial charge in [0.1, 0.15) is 5.82 Å². The Balaban J connectivity index is 1.70. The van der Waals surface area contributed by atoms with Crippen LogP contribution in [0.2, 0.25) is 0 Å². The molecule has 0 aliphatic carbocycles. The Morgan fingerprint density at radius 1 is 1.00 bits per heavy atom. The van der Waals surface area contributed by atoms with E-state index >= 15 is 0 Å². The molecule has 1 heterocycles. The molecule has 0 spiro atoms. The number of aromatic nitrogens is 2. The molecule has 0 radical (unpaired) electrons. The Kier molecular flexibility index (Phi) is 4.61. The second-order valence-corrected chi connectivity index (χ2v) is 5.76. The first kappa shape index (κ1) is 15.8. The van der Waals surface area contributed by atoms with Crippen molar-refractivity contribution in [2.75, 3.05) is 10.6 Å². The molecule has 0 aliphatic rings. The van der Waals surface area contributed by atoms with Crippen LogP contribution in [0.25, 0.3) is 0 Å². The van der Waals surface area contributed by atoms with Crippen molar-refractivity contribution in [3.05, 3.63) is 77.5 Å². The molecule has 0 fully saturated rings. The number of amides is 2. The third-order valence-corrected chi connectivity index (χ3v) is 3.63. The standard InChI is InChI=1S/C19H20N4O/c1-14-8-10-17(11-9-14)20-19(24)21-18-12-15(2)22-23(18)13-16-6-4-3-5-7-16/h3-12H,13H2,1-2H3,(H2,20,21,24). The maximum Gasteiger partial charge on any atom is 0.324 e. The molecule has 24 heavy (non-hydrogen) atoms. The summed E-state index contributed by atoms with van der Waals surface area (Å²) in [5, 5.41) is 10.1. The van der Waals surface area contributed by atoms with Gasteiger partial charge in [0, 0.05) is 11.8 Å². The molecule has 5 nitrogen and oxygen atoms in total. The fourth-order valence-corrected chi connectivity index (χ4v) is 2.44. The van der Waals surface area contributed by atoms with Gasteiger partial charge in [-0.3, -0.25) is 5.32 Å². The fourth-order valence-electron chi connectivity index (χ4n) is 2.44. The molecule has 122 valence electrons. The van der Waals surface area contributed by atoms with Gasteiger partial charge in [-0.25, -0.2) is 9.48 Å². The van der Waals surface area contributed by atoms with Crippen LogP contribution in [0.4, 0.5) is 16.3 Å². The largest absolute Gasteiger partial charge is 0.324 e. The van der Waals surface area contributed by atoms with E-state index in [0.717, 1.165) is 22.5 Å². The first-order valence-corrected chi connectivity index (χ1v) is 7.83. The topological polar surface area (TPSA) is 59.0 Å². The van der Waals surface area contributed by atoms with Crippen molar-refractivity contribution in [2.45, 2.75) is 20.4 Å². The summed E-state index contributed by atoms with van der Waals surface area (Å²) in [7, 11) is 0. The van der Waals surface area contributed by atoms with Crippen molar-refractivity contribution in [1.82, 2.24) is 9.78 Å². The lowest BCUT2D eigenvalue weighted by molar-refractivity contribution is 0.262. The van der Waals surface area contributed by atoms with Crippen LogP contribution in [0.15, 0.2) is 60.7 Å². The number of carbonyl (C=O) groups is 1. The molecular formula is C19H20N4O. The molecule has 0 atom stereocenters. The highest BCUT2D eigenvalue weighted by molar-refractivity contribution is 5.99. The van der Waals surface area contributed by atoms with Gasteiger partial charge in [0.25, 0.3) is 0 Å². The zero-order chi connectivity index (χ0) is 16.9. The number of nitrogens with one attached hydrogen (secondary N) is 2. The number of nitrogens with zero attached hydrogens (tertiary/aromatic N) is 2. The predicted molar refractivity (Wildman–Crippen MR) is 96.3 cm³/mol. The number of hydrogen-bond acceptors (Lipinski definition) is 2. The number of hydrogen-bond donors (Lipinski definition) is 2. The van der Waals surface area contributed by atoms with E-state index in [-0.39, 0.29) is 6.03 Å². The van der Waals surface area contributed by atoms with Gasteiger partial charge in [0.05, 0.1) is 12.2 Å². The second kappa shape index (κ2) is 7.00. The number of benzene rings is 2. The van der Waals surface area contributed by atoms with Crippen molar-refractivity contribution in [3.63, 3.8) is 0 Å². The van der Waals surface area contributed by atoms with Crippen LogP contribution in [0.1, 0.15) is 16.8 Å². The van der Waals surface area contributed by atoms with Crippen LogP contribution in [-0.2, 0) is 6.54 Å². The van der Waals surface area contributed by atoms with Gasteiger partial charge in [0.2, 0.25) is 0 Å². The summed E-state index contributed by atoms with van der Waals surface area (Å²) in [6.45, 7) is 4.52. The average molecular weight is 320 g/mol. The molecular weight excluding hydrogens is 300 g/mol. The van der Waals surface area contributed by atoms with Gasteiger partial charge in [-0.05, 0) is 31.5 Å². The minimum Gasteiger partial charge on any atom is -0.308 e. The number of aryl methyl sites for hydroxylation is 2. The van der Waals surface area contributed by atoms with E-state index in [0.29, 0.717) is 12.4 Å². The number of rotatable bonds is 4. The van der Waals surface area contributed by atoms with Crippen molar-refractivity contribution in [1.29, 1.82) is 0 Å². The summed E-state index contributed by atoms with van der Waals surface area (Å²) in [6.07, 6.45) is 0. The first-order valence-electron chi connectivity index (χ1n) is 7.83. The minimum absolute atomic E-state index is 0.284. The number of carbonyl (C=O) groups excluding carboxylic acids is 1. The van der Waals surface area contributed by atoms with Crippen molar-refractivity contribution in [2.24, 2.45) is 0 Å². The summed E-state index contributed by atoms with van der Waals surface area (Å²) >= 11 is 0. The normalized spacial score (nSPS) is 10.4. The third kappa shape index (κ3) is 4.01. The Morgan fingerprint density at radius 2 is 1.71 bits per heavy atom. The highest BCUT2D eigenvalue weighted by Gasteiger charge is 2.10. The summed E-state index contributed by atoms with van der Waals surface area (Å²) in [5.74, 6) is 0.668. The highest BCUT2D eigenvalue weighted by Crippen LogP contribution is 2.14. The van der Waals surface area contributed by atoms with Crippen LogP contribution < -0.4 is 10.6 Å². The van der Waals surface area contributed by atoms with Gasteiger partial charge in [0.15, 0.2) is 0 Å². The van der Waals surface area contributed by atoms with E-state index in [1.807, 2.05) is 74.5 Å². The molecule has 0 bridgehead atoms. The molecule has 0 saturated carbocycles. The summed E-state index contributed by atoms with van der Waals surface area (Å²) in [4.78, 5) is 12.2. The molecule has 5 heteroatoms. The molecule has 2 N–H and O–H groups in total. The molecule has 3 rings (SSSR count). The zero-order valence-electron chi connectivity index (χ0n) is 13.8. The van der Waals surface area contributed by atoms with E-state index in [1.54, 1.807) is 4.68 Å². The van der Waals surface area contributed by atoms with Crippen molar-refractivity contribution >= 4 is 17.5 Å². The lowest BCUT2D eigenvalue weighted by Crippen LogP contribution is -2.21. The molecule has 3 aromatic rings. The Labute approximate surface area is 141 Å². The van der Waals surface area contributed by atoms with E-state index in [9.17, 15) is 4.79 Å². The predicted octanol–water partition coefficient (Wildman–Crippen LogP) is 4.19. The minimum atomic E-state index is -0.284. The summed E-state index contributed by atoms with van der Waals surface area (Å²) in [5.41, 5.74) is 3.89. The van der Waals surface area contributed by atoms with Crippen LogP contribution in [0.3, 0.4) is 0 Å². The quantitative estimate of drug-likeness (QED) is 0.757. The smallest absolute Gasteiger partial charge is 0.308 e. The van der Waals surface area contributed by atoms with E-state index in [2.05, 4.69) is 15.7 Å². The Morgan fingerprint density at radius 3 is 2.42 bits per heavy atom. The highest BCUT2D eigenvalue weighted by atomic mass is 16.2. The lowest BCUT2D eigenvalue weighted by atomic mass is 10.2. The number of urea groups is 1. The molecule has 0 saturated heterocycles. The maximum atomic E-state index is 12.2. The van der Waals surface area contributed by atoms with E-state index in [1.165, 1.54) is 0 Å². The summed E-state index contributed by atoms with van der Waals surface area (Å²) in [6, 6.07) is 19.3. The van der Waals surface area contributed by atoms with Gasteiger partial charge in [-0.1, -0.05) is 48.0 Å². The van der Waals surface area contributed by atoms with Crippen LogP contribution in [0.5, 0.6) is 0 Å². The van der Waals surface area contributed by atoms with Crippen molar-refractivity contribution in [3.8, 4) is 0 Å². The third-order valence-electron chi connectivity index (χ3n) is 3.63. The van der Waals surface area contributed by atoms with E-state index < -0.39 is 0 Å². The fraction of sp³-hybridized carbons (Fsp3) is 0.158. The summed E-state index contributed by atoms with van der Waals surface area (Å²) < 4.78 is 1.79. The second-order valence-electron chi connectivity index (χ2n) is 5.76. The Hall–Kier alpha value is -3.08. The van der Waals surface area contributed by atoms with E-state index in [4.69, 9.17) is 0 Å². The van der Waals surface area contributed by atoms with Crippen molar-refractivity contribution < 1.29 is 4.79 Å². The molecule has 1 aromatic heterocycles. The molecule has 0 aliphatic heterocycles. The Bertz CT molecular complexity index is 822. The van der Waals surface area contributed by atoms with Gasteiger partial charge in [-0.2, -0.15) is 5.10 Å². The first-order chi connectivity index (χ1) is 11.6. The molecule has 2 amide bonds. The number of anilines is 2. The molecule has 2 aromatic carbocycles.